The fourth-order valence-electron chi connectivity index (χ4n) is 1.60. The van der Waals surface area contributed by atoms with Gasteiger partial charge in [-0.25, -0.2) is 0 Å². The van der Waals surface area contributed by atoms with Crippen molar-refractivity contribution in [3.63, 3.8) is 0 Å². The van der Waals surface area contributed by atoms with E-state index in [1.807, 2.05) is 26.8 Å². The normalized spacial score (nSPS) is 11.3. The number of carbonyl (C=O) groups is 1. The van der Waals surface area contributed by atoms with E-state index in [0.717, 1.165) is 6.54 Å². The molecule has 0 saturated carbocycles. The molecule has 3 heteroatoms. The molecule has 0 heterocycles. The summed E-state index contributed by atoms with van der Waals surface area (Å²) in [6.07, 6.45) is 0. The number of benzene rings is 1. The van der Waals surface area contributed by atoms with Gasteiger partial charge in [0.25, 0.3) is 0 Å². The Morgan fingerprint density at radius 2 is 2.00 bits per heavy atom. The SMILES string of the molecule is Cc1cccc(CNCC(=O)NC(C)(C)C)c1. The minimum atomic E-state index is -0.165. The smallest absolute Gasteiger partial charge is 0.234 e. The number of aryl methyl sites for hydroxylation is 1. The van der Waals surface area contributed by atoms with Crippen LogP contribution in [0.3, 0.4) is 0 Å². The van der Waals surface area contributed by atoms with Crippen LogP contribution in [0.2, 0.25) is 0 Å². The van der Waals surface area contributed by atoms with E-state index in [1.165, 1.54) is 11.1 Å². The Kier molecular flexibility index (Phi) is 4.70. The van der Waals surface area contributed by atoms with Gasteiger partial charge in [0, 0.05) is 12.1 Å². The third kappa shape index (κ3) is 6.07. The predicted molar refractivity (Wildman–Crippen MR) is 70.8 cm³/mol. The van der Waals surface area contributed by atoms with Crippen molar-refractivity contribution in [1.29, 1.82) is 0 Å². The van der Waals surface area contributed by atoms with Gasteiger partial charge < -0.3 is 10.6 Å². The first kappa shape index (κ1) is 13.7. The maximum absolute atomic E-state index is 11.5. The van der Waals surface area contributed by atoms with Crippen LogP contribution in [0.25, 0.3) is 0 Å². The van der Waals surface area contributed by atoms with Crippen molar-refractivity contribution >= 4 is 5.91 Å². The molecule has 0 aliphatic heterocycles. The van der Waals surface area contributed by atoms with Gasteiger partial charge in [-0.3, -0.25) is 4.79 Å². The van der Waals surface area contributed by atoms with Crippen LogP contribution in [0.4, 0.5) is 0 Å². The molecule has 3 nitrogen and oxygen atoms in total. The van der Waals surface area contributed by atoms with E-state index in [2.05, 4.69) is 35.8 Å². The second-order valence-electron chi connectivity index (χ2n) is 5.39. The van der Waals surface area contributed by atoms with Gasteiger partial charge in [-0.2, -0.15) is 0 Å². The molecule has 1 rings (SSSR count). The van der Waals surface area contributed by atoms with Crippen LogP contribution in [-0.4, -0.2) is 18.0 Å². The molecule has 2 N–H and O–H groups in total. The zero-order valence-electron chi connectivity index (χ0n) is 11.1. The number of hydrogen-bond acceptors (Lipinski definition) is 2. The standard InChI is InChI=1S/C14H22N2O/c1-11-6-5-7-12(8-11)9-15-10-13(17)16-14(2,3)4/h5-8,15H,9-10H2,1-4H3,(H,16,17). The molecule has 0 bridgehead atoms. The Bertz CT molecular complexity index is 380. The molecule has 1 aromatic carbocycles. The van der Waals surface area contributed by atoms with Crippen LogP contribution >= 0.6 is 0 Å². The fraction of sp³-hybridized carbons (Fsp3) is 0.500. The lowest BCUT2D eigenvalue weighted by molar-refractivity contribution is -0.121. The number of amides is 1. The molecular formula is C14H22N2O. The Morgan fingerprint density at radius 1 is 1.29 bits per heavy atom. The van der Waals surface area contributed by atoms with Crippen LogP contribution in [0.5, 0.6) is 0 Å². The summed E-state index contributed by atoms with van der Waals surface area (Å²) in [7, 11) is 0. The molecule has 17 heavy (non-hydrogen) atoms. The van der Waals surface area contributed by atoms with Gasteiger partial charge in [-0.15, -0.1) is 0 Å². The van der Waals surface area contributed by atoms with Crippen LogP contribution in [-0.2, 0) is 11.3 Å². The van der Waals surface area contributed by atoms with Crippen LogP contribution in [0.1, 0.15) is 31.9 Å². The number of carbonyl (C=O) groups excluding carboxylic acids is 1. The van der Waals surface area contributed by atoms with E-state index in [0.29, 0.717) is 6.54 Å². The molecule has 0 aliphatic carbocycles. The lowest BCUT2D eigenvalue weighted by Crippen LogP contribution is -2.44. The lowest BCUT2D eigenvalue weighted by Gasteiger charge is -2.20. The van der Waals surface area contributed by atoms with E-state index in [4.69, 9.17) is 0 Å². The first-order valence-corrected chi connectivity index (χ1v) is 5.94. The minimum Gasteiger partial charge on any atom is -0.350 e. The summed E-state index contributed by atoms with van der Waals surface area (Å²) in [5, 5.41) is 6.05. The lowest BCUT2D eigenvalue weighted by atomic mass is 10.1. The van der Waals surface area contributed by atoms with Gasteiger partial charge in [0.1, 0.15) is 0 Å². The Labute approximate surface area is 104 Å². The molecule has 0 unspecified atom stereocenters. The van der Waals surface area contributed by atoms with Crippen molar-refractivity contribution in [2.24, 2.45) is 0 Å². The van der Waals surface area contributed by atoms with Crippen LogP contribution < -0.4 is 10.6 Å². The number of nitrogens with one attached hydrogen (secondary N) is 2. The molecular weight excluding hydrogens is 212 g/mol. The van der Waals surface area contributed by atoms with Gasteiger partial charge in [0.15, 0.2) is 0 Å². The average Bonchev–Trinajstić information content (AvgIpc) is 2.14. The van der Waals surface area contributed by atoms with Gasteiger partial charge in [-0.1, -0.05) is 29.8 Å². The van der Waals surface area contributed by atoms with Crippen molar-refractivity contribution in [2.75, 3.05) is 6.54 Å². The second-order valence-corrected chi connectivity index (χ2v) is 5.39. The molecule has 0 saturated heterocycles. The average molecular weight is 234 g/mol. The summed E-state index contributed by atoms with van der Waals surface area (Å²) in [6.45, 7) is 9.07. The monoisotopic (exact) mass is 234 g/mol. The van der Waals surface area contributed by atoms with E-state index in [9.17, 15) is 4.79 Å². The van der Waals surface area contributed by atoms with Crippen molar-refractivity contribution in [1.82, 2.24) is 10.6 Å². The van der Waals surface area contributed by atoms with Gasteiger partial charge in [0.05, 0.1) is 6.54 Å². The predicted octanol–water partition coefficient (Wildman–Crippen LogP) is 2.00. The fourth-order valence-corrected chi connectivity index (χ4v) is 1.60. The van der Waals surface area contributed by atoms with E-state index < -0.39 is 0 Å². The molecule has 0 spiro atoms. The molecule has 0 atom stereocenters. The maximum Gasteiger partial charge on any atom is 0.234 e. The molecule has 1 amide bonds. The molecule has 0 fully saturated rings. The topological polar surface area (TPSA) is 41.1 Å². The highest BCUT2D eigenvalue weighted by molar-refractivity contribution is 5.78. The summed E-state index contributed by atoms with van der Waals surface area (Å²) in [5.74, 6) is 0.0325. The van der Waals surface area contributed by atoms with Gasteiger partial charge in [0.2, 0.25) is 5.91 Å². The zero-order valence-corrected chi connectivity index (χ0v) is 11.1. The van der Waals surface area contributed by atoms with Gasteiger partial charge in [-0.05, 0) is 33.3 Å². The summed E-state index contributed by atoms with van der Waals surface area (Å²) in [6, 6.07) is 8.27. The quantitative estimate of drug-likeness (QED) is 0.836. The van der Waals surface area contributed by atoms with Crippen molar-refractivity contribution in [3.05, 3.63) is 35.4 Å². The summed E-state index contributed by atoms with van der Waals surface area (Å²) < 4.78 is 0. The molecule has 0 aromatic heterocycles. The van der Waals surface area contributed by atoms with Gasteiger partial charge >= 0.3 is 0 Å². The van der Waals surface area contributed by atoms with E-state index in [-0.39, 0.29) is 11.4 Å². The highest BCUT2D eigenvalue weighted by atomic mass is 16.2. The number of rotatable bonds is 4. The first-order chi connectivity index (χ1) is 7.87. The molecule has 1 aromatic rings. The molecule has 0 radical (unpaired) electrons. The van der Waals surface area contributed by atoms with Crippen molar-refractivity contribution in [2.45, 2.75) is 39.8 Å². The maximum atomic E-state index is 11.5. The Balaban J connectivity index is 2.31. The highest BCUT2D eigenvalue weighted by Gasteiger charge is 2.12. The van der Waals surface area contributed by atoms with Crippen LogP contribution in [0.15, 0.2) is 24.3 Å². The van der Waals surface area contributed by atoms with Crippen molar-refractivity contribution < 1.29 is 4.79 Å². The third-order valence-corrected chi connectivity index (χ3v) is 2.21. The summed E-state index contributed by atoms with van der Waals surface area (Å²) >= 11 is 0. The molecule has 0 aliphatic rings. The zero-order chi connectivity index (χ0) is 12.9. The largest absolute Gasteiger partial charge is 0.350 e. The Morgan fingerprint density at radius 3 is 2.59 bits per heavy atom. The Hall–Kier alpha value is -1.35. The van der Waals surface area contributed by atoms with Crippen molar-refractivity contribution in [3.8, 4) is 0 Å². The first-order valence-electron chi connectivity index (χ1n) is 5.94. The third-order valence-electron chi connectivity index (χ3n) is 2.21. The number of hydrogen-bond donors (Lipinski definition) is 2. The van der Waals surface area contributed by atoms with Crippen LogP contribution in [0, 0.1) is 6.92 Å². The summed E-state index contributed by atoms with van der Waals surface area (Å²) in [5.41, 5.74) is 2.28. The van der Waals surface area contributed by atoms with E-state index >= 15 is 0 Å². The van der Waals surface area contributed by atoms with E-state index in [1.54, 1.807) is 0 Å². The second kappa shape index (κ2) is 5.82. The summed E-state index contributed by atoms with van der Waals surface area (Å²) in [4.78, 5) is 11.5. The minimum absolute atomic E-state index is 0.0325. The highest BCUT2D eigenvalue weighted by Crippen LogP contribution is 2.03. The molecule has 94 valence electrons.